The van der Waals surface area contributed by atoms with Crippen LogP contribution in [0.4, 0.5) is 0 Å². The number of hydrogen-bond donors (Lipinski definition) is 0. The first kappa shape index (κ1) is 27.1. The molecule has 0 saturated heterocycles. The van der Waals surface area contributed by atoms with Crippen molar-refractivity contribution in [2.24, 2.45) is 0 Å². The van der Waals surface area contributed by atoms with Crippen LogP contribution in [-0.2, 0) is 0 Å². The molecule has 0 bridgehead atoms. The number of fused-ring (bicyclic) bond motifs is 10. The van der Waals surface area contributed by atoms with Crippen molar-refractivity contribution in [3.05, 3.63) is 170 Å². The highest BCUT2D eigenvalue weighted by atomic mass is 15.1. The molecule has 0 aliphatic heterocycles. The smallest absolute Gasteiger partial charge is 0.156 e. The second-order valence-corrected chi connectivity index (χ2v) is 12.8. The molecule has 234 valence electrons. The Hall–Kier alpha value is -6.92. The van der Waals surface area contributed by atoms with Crippen LogP contribution in [0.1, 0.15) is 0 Å². The van der Waals surface area contributed by atoms with Crippen LogP contribution in [0.3, 0.4) is 0 Å². The van der Waals surface area contributed by atoms with Gasteiger partial charge in [0, 0.05) is 56.1 Å². The summed E-state index contributed by atoms with van der Waals surface area (Å²) in [5.74, 6) is 1.54. The molecular weight excluding hydrogens is 613 g/mol. The van der Waals surface area contributed by atoms with Crippen LogP contribution in [0, 0.1) is 0 Å². The lowest BCUT2D eigenvalue weighted by Crippen LogP contribution is -2.04. The predicted molar refractivity (Wildman–Crippen MR) is 204 cm³/mol. The summed E-state index contributed by atoms with van der Waals surface area (Å²) < 4.78 is 9.10. The van der Waals surface area contributed by atoms with Crippen LogP contribution in [0.5, 0.6) is 0 Å². The monoisotopic (exact) mass is 640 g/mol. The Balaban J connectivity index is 1.18. The van der Waals surface area contributed by atoms with E-state index in [1.807, 2.05) is 12.4 Å². The third kappa shape index (κ3) is 3.73. The Morgan fingerprint density at radius 3 is 1.20 bits per heavy atom. The molecule has 0 saturated carbocycles. The third-order valence-electron chi connectivity index (χ3n) is 10.1. The zero-order valence-electron chi connectivity index (χ0n) is 26.8. The quantitative estimate of drug-likeness (QED) is 0.192. The minimum atomic E-state index is 0.770. The normalized spacial score (nSPS) is 12.0. The molecule has 50 heavy (non-hydrogen) atoms. The van der Waals surface area contributed by atoms with Crippen molar-refractivity contribution in [2.75, 3.05) is 0 Å². The van der Waals surface area contributed by atoms with Gasteiger partial charge in [-0.15, -0.1) is 0 Å². The Morgan fingerprint density at radius 2 is 0.760 bits per heavy atom. The SMILES string of the molecule is c1ccc(-n2ccc3ccc4c5ccccc5n(-c5cnc(-n6c7ccccc7c7ccc8ccn(-c9ccccc9)c8c76)cn5)c4c32)cc1. The number of aromatic nitrogens is 6. The van der Waals surface area contributed by atoms with E-state index in [1.54, 1.807) is 0 Å². The van der Waals surface area contributed by atoms with Crippen molar-refractivity contribution < 1.29 is 0 Å². The molecule has 0 aliphatic rings. The van der Waals surface area contributed by atoms with E-state index < -0.39 is 0 Å². The maximum Gasteiger partial charge on any atom is 0.156 e. The second kappa shape index (κ2) is 10.3. The lowest BCUT2D eigenvalue weighted by Gasteiger charge is -2.13. The fourth-order valence-electron chi connectivity index (χ4n) is 7.97. The number of nitrogens with zero attached hydrogens (tertiary/aromatic N) is 6. The van der Waals surface area contributed by atoms with E-state index in [4.69, 9.17) is 9.97 Å². The summed E-state index contributed by atoms with van der Waals surface area (Å²) in [6.07, 6.45) is 8.16. The van der Waals surface area contributed by atoms with Crippen LogP contribution >= 0.6 is 0 Å². The molecule has 0 aliphatic carbocycles. The van der Waals surface area contributed by atoms with Gasteiger partial charge in [0.2, 0.25) is 0 Å². The molecule has 0 spiro atoms. The molecule has 0 N–H and O–H groups in total. The van der Waals surface area contributed by atoms with Crippen molar-refractivity contribution in [1.82, 2.24) is 28.2 Å². The number of para-hydroxylation sites is 4. The van der Waals surface area contributed by atoms with E-state index in [0.717, 1.165) is 56.1 Å². The molecule has 6 heteroatoms. The molecule has 11 rings (SSSR count). The Morgan fingerprint density at radius 1 is 0.340 bits per heavy atom. The van der Waals surface area contributed by atoms with Gasteiger partial charge in [0.15, 0.2) is 11.6 Å². The van der Waals surface area contributed by atoms with Crippen LogP contribution < -0.4 is 0 Å². The molecule has 11 aromatic rings. The Bertz CT molecular complexity index is 2860. The van der Waals surface area contributed by atoms with Crippen LogP contribution in [-0.4, -0.2) is 28.2 Å². The van der Waals surface area contributed by atoms with Gasteiger partial charge in [-0.05, 0) is 48.5 Å². The van der Waals surface area contributed by atoms with E-state index in [1.165, 1.54) is 32.3 Å². The van der Waals surface area contributed by atoms with Crippen molar-refractivity contribution in [2.45, 2.75) is 0 Å². The highest BCUT2D eigenvalue weighted by Gasteiger charge is 2.21. The van der Waals surface area contributed by atoms with Gasteiger partial charge in [-0.3, -0.25) is 9.13 Å². The molecular formula is C44H28N6. The van der Waals surface area contributed by atoms with E-state index in [-0.39, 0.29) is 0 Å². The van der Waals surface area contributed by atoms with Gasteiger partial charge in [-0.1, -0.05) is 97.1 Å². The van der Waals surface area contributed by atoms with E-state index in [9.17, 15) is 0 Å². The summed E-state index contributed by atoms with van der Waals surface area (Å²) in [4.78, 5) is 10.4. The fraction of sp³-hybridized carbons (Fsp3) is 0. The van der Waals surface area contributed by atoms with Crippen LogP contribution in [0.25, 0.3) is 88.4 Å². The van der Waals surface area contributed by atoms with E-state index in [0.29, 0.717) is 0 Å². The van der Waals surface area contributed by atoms with Gasteiger partial charge in [0.1, 0.15) is 0 Å². The third-order valence-corrected chi connectivity index (χ3v) is 10.1. The molecule has 0 fully saturated rings. The van der Waals surface area contributed by atoms with Gasteiger partial charge in [-0.2, -0.15) is 0 Å². The maximum atomic E-state index is 5.20. The molecule has 0 unspecified atom stereocenters. The Kier molecular flexibility index (Phi) is 5.57. The molecule has 5 aromatic heterocycles. The standard InChI is InChI=1S/C44H28N6/c1-3-11-31(12-4-1)47-25-23-29-19-21-35-33-15-7-9-17-37(33)49(43(35)41(29)47)39-27-46-40(28-45-39)50-38-18-10-8-16-34(38)36-22-20-30-24-26-48(42(30)44(36)50)32-13-5-2-6-14-32/h1-28H. The highest BCUT2D eigenvalue weighted by molar-refractivity contribution is 6.19. The van der Waals surface area contributed by atoms with E-state index >= 15 is 0 Å². The summed E-state index contributed by atoms with van der Waals surface area (Å²) in [5.41, 5.74) is 8.92. The van der Waals surface area contributed by atoms with Gasteiger partial charge < -0.3 is 9.13 Å². The lowest BCUT2D eigenvalue weighted by atomic mass is 10.1. The predicted octanol–water partition coefficient (Wildman–Crippen LogP) is 10.6. The van der Waals surface area contributed by atoms with Gasteiger partial charge in [0.05, 0.1) is 45.5 Å². The summed E-state index contributed by atoms with van der Waals surface area (Å²) in [7, 11) is 0. The topological polar surface area (TPSA) is 45.5 Å². The summed E-state index contributed by atoms with van der Waals surface area (Å²) in [6, 6.07) is 51.5. The first-order valence-corrected chi connectivity index (χ1v) is 16.8. The van der Waals surface area contributed by atoms with Gasteiger partial charge in [0.25, 0.3) is 0 Å². The molecule has 0 radical (unpaired) electrons. The van der Waals surface area contributed by atoms with Crippen LogP contribution in [0.2, 0.25) is 0 Å². The summed E-state index contributed by atoms with van der Waals surface area (Å²) in [5, 5.41) is 7.07. The Labute approximate surface area is 286 Å². The van der Waals surface area contributed by atoms with Crippen molar-refractivity contribution in [3.8, 4) is 23.0 Å². The average Bonchev–Trinajstić information content (AvgIpc) is 3.96. The van der Waals surface area contributed by atoms with Crippen molar-refractivity contribution >= 4 is 65.4 Å². The lowest BCUT2D eigenvalue weighted by molar-refractivity contribution is 0.987. The van der Waals surface area contributed by atoms with Crippen molar-refractivity contribution in [3.63, 3.8) is 0 Å². The molecule has 6 nitrogen and oxygen atoms in total. The molecule has 5 heterocycles. The summed E-state index contributed by atoms with van der Waals surface area (Å²) >= 11 is 0. The number of benzene rings is 6. The molecule has 0 atom stereocenters. The average molecular weight is 641 g/mol. The number of rotatable bonds is 4. The molecule has 6 aromatic carbocycles. The largest absolute Gasteiger partial charge is 0.315 e. The van der Waals surface area contributed by atoms with Crippen LogP contribution in [0.15, 0.2) is 170 Å². The minimum absolute atomic E-state index is 0.770. The zero-order valence-corrected chi connectivity index (χ0v) is 26.8. The first-order chi connectivity index (χ1) is 24.8. The van der Waals surface area contributed by atoms with Crippen molar-refractivity contribution in [1.29, 1.82) is 0 Å². The fourth-order valence-corrected chi connectivity index (χ4v) is 7.97. The first-order valence-electron chi connectivity index (χ1n) is 16.8. The highest BCUT2D eigenvalue weighted by Crippen LogP contribution is 2.39. The second-order valence-electron chi connectivity index (χ2n) is 12.8. The van der Waals surface area contributed by atoms with E-state index in [2.05, 4.69) is 176 Å². The molecule has 0 amide bonds. The zero-order chi connectivity index (χ0) is 32.8. The number of hydrogen-bond acceptors (Lipinski definition) is 2. The maximum absolute atomic E-state index is 5.20. The summed E-state index contributed by atoms with van der Waals surface area (Å²) in [6.45, 7) is 0. The van der Waals surface area contributed by atoms with Gasteiger partial charge >= 0.3 is 0 Å². The minimum Gasteiger partial charge on any atom is -0.315 e. The van der Waals surface area contributed by atoms with Gasteiger partial charge in [-0.25, -0.2) is 9.97 Å².